The Morgan fingerprint density at radius 3 is 2.62 bits per heavy atom. The van der Waals surface area contributed by atoms with E-state index in [4.69, 9.17) is 11.6 Å². The van der Waals surface area contributed by atoms with Crippen LogP contribution in [0.4, 0.5) is 5.69 Å². The molecule has 0 aliphatic heterocycles. The van der Waals surface area contributed by atoms with Gasteiger partial charge in [-0.25, -0.2) is 0 Å². The van der Waals surface area contributed by atoms with Gasteiger partial charge in [-0.3, -0.25) is 14.2 Å². The molecule has 1 atom stereocenters. The summed E-state index contributed by atoms with van der Waals surface area (Å²) in [6.45, 7) is 6.47. The molecule has 0 aliphatic carbocycles. The molecule has 6 nitrogen and oxygen atoms in total. The van der Waals surface area contributed by atoms with Crippen LogP contribution in [0.3, 0.4) is 0 Å². The van der Waals surface area contributed by atoms with E-state index in [0.29, 0.717) is 18.0 Å². The number of benzene rings is 1. The Kier molecular flexibility index (Phi) is 5.42. The minimum Gasteiger partial charge on any atom is -0.321 e. The zero-order valence-corrected chi connectivity index (χ0v) is 15.9. The van der Waals surface area contributed by atoms with Crippen molar-refractivity contribution in [3.8, 4) is 0 Å². The zero-order valence-electron chi connectivity index (χ0n) is 15.1. The van der Waals surface area contributed by atoms with Crippen LogP contribution >= 0.6 is 11.6 Å². The fourth-order valence-electron chi connectivity index (χ4n) is 2.97. The van der Waals surface area contributed by atoms with Crippen LogP contribution in [-0.2, 0) is 11.3 Å². The van der Waals surface area contributed by atoms with Gasteiger partial charge in [0.2, 0.25) is 5.91 Å². The summed E-state index contributed by atoms with van der Waals surface area (Å²) >= 11 is 5.93. The predicted octanol–water partition coefficient (Wildman–Crippen LogP) is 3.99. The summed E-state index contributed by atoms with van der Waals surface area (Å²) in [4.78, 5) is 12.8. The quantitative estimate of drug-likeness (QED) is 0.712. The smallest absolute Gasteiger partial charge is 0.249 e. The zero-order chi connectivity index (χ0) is 18.7. The van der Waals surface area contributed by atoms with E-state index in [2.05, 4.69) is 27.6 Å². The Morgan fingerprint density at radius 2 is 2.00 bits per heavy atom. The second-order valence-electron chi connectivity index (χ2n) is 6.24. The third-order valence-corrected chi connectivity index (χ3v) is 4.58. The second-order valence-corrected chi connectivity index (χ2v) is 6.68. The van der Waals surface area contributed by atoms with Crippen molar-refractivity contribution in [1.82, 2.24) is 19.6 Å². The van der Waals surface area contributed by atoms with E-state index < -0.39 is 6.04 Å². The monoisotopic (exact) mass is 371 g/mol. The molecule has 3 rings (SSSR count). The summed E-state index contributed by atoms with van der Waals surface area (Å²) in [5, 5.41) is 12.3. The minimum atomic E-state index is -0.418. The first-order valence-corrected chi connectivity index (χ1v) is 8.95. The lowest BCUT2D eigenvalue weighted by Crippen LogP contribution is -2.26. The molecule has 0 radical (unpaired) electrons. The number of aryl methyl sites for hydroxylation is 1. The molecule has 0 saturated carbocycles. The molecule has 1 amide bonds. The molecule has 136 valence electrons. The van der Waals surface area contributed by atoms with Crippen molar-refractivity contribution in [2.24, 2.45) is 0 Å². The summed E-state index contributed by atoms with van der Waals surface area (Å²) in [5.41, 5.74) is 3.63. The first kappa shape index (κ1) is 18.2. The molecule has 7 heteroatoms. The average Bonchev–Trinajstić information content (AvgIpc) is 3.15. The lowest BCUT2D eigenvalue weighted by Gasteiger charge is -2.15. The number of amides is 1. The first-order valence-electron chi connectivity index (χ1n) is 8.58. The summed E-state index contributed by atoms with van der Waals surface area (Å²) in [6.07, 6.45) is 3.81. The van der Waals surface area contributed by atoms with Crippen molar-refractivity contribution in [3.63, 3.8) is 0 Å². The largest absolute Gasteiger partial charge is 0.321 e. The lowest BCUT2D eigenvalue weighted by atomic mass is 10.2. The Balaban J connectivity index is 1.80. The SMILES string of the molecule is CCC(C(=O)Nc1c(C)nn(Cc2ccccc2)c1C)n1cc(Cl)cn1. The van der Waals surface area contributed by atoms with Crippen molar-refractivity contribution >= 4 is 23.2 Å². The van der Waals surface area contributed by atoms with Crippen LogP contribution in [-0.4, -0.2) is 25.5 Å². The molecule has 26 heavy (non-hydrogen) atoms. The van der Waals surface area contributed by atoms with Crippen LogP contribution in [0.2, 0.25) is 5.02 Å². The molecule has 1 aromatic carbocycles. The van der Waals surface area contributed by atoms with E-state index in [1.807, 2.05) is 43.7 Å². The number of aromatic nitrogens is 4. The Bertz CT molecular complexity index is 900. The highest BCUT2D eigenvalue weighted by Crippen LogP contribution is 2.23. The lowest BCUT2D eigenvalue weighted by molar-refractivity contribution is -0.119. The van der Waals surface area contributed by atoms with Gasteiger partial charge >= 0.3 is 0 Å². The van der Waals surface area contributed by atoms with Gasteiger partial charge < -0.3 is 5.32 Å². The van der Waals surface area contributed by atoms with Gasteiger partial charge in [0.15, 0.2) is 0 Å². The fourth-order valence-corrected chi connectivity index (χ4v) is 3.12. The van der Waals surface area contributed by atoms with Crippen LogP contribution in [0.5, 0.6) is 0 Å². The molecular formula is C19H22ClN5O. The number of hydrogen-bond acceptors (Lipinski definition) is 3. The summed E-state index contributed by atoms with van der Waals surface area (Å²) in [7, 11) is 0. The predicted molar refractivity (Wildman–Crippen MR) is 102 cm³/mol. The van der Waals surface area contributed by atoms with Crippen LogP contribution in [0, 0.1) is 13.8 Å². The number of nitrogens with one attached hydrogen (secondary N) is 1. The third-order valence-electron chi connectivity index (χ3n) is 4.38. The Labute approximate surface area is 157 Å². The normalized spacial score (nSPS) is 12.2. The van der Waals surface area contributed by atoms with Crippen LogP contribution in [0.25, 0.3) is 0 Å². The molecule has 1 N–H and O–H groups in total. The van der Waals surface area contributed by atoms with E-state index in [0.717, 1.165) is 22.6 Å². The van der Waals surface area contributed by atoms with Crippen molar-refractivity contribution in [1.29, 1.82) is 0 Å². The van der Waals surface area contributed by atoms with E-state index in [-0.39, 0.29) is 5.91 Å². The van der Waals surface area contributed by atoms with Crippen LogP contribution < -0.4 is 5.32 Å². The van der Waals surface area contributed by atoms with Crippen molar-refractivity contribution in [2.45, 2.75) is 39.8 Å². The van der Waals surface area contributed by atoms with Gasteiger partial charge in [-0.05, 0) is 25.8 Å². The van der Waals surface area contributed by atoms with Gasteiger partial charge in [0.25, 0.3) is 0 Å². The summed E-state index contributed by atoms with van der Waals surface area (Å²) < 4.78 is 3.50. The number of hydrogen-bond donors (Lipinski definition) is 1. The molecule has 0 aliphatic rings. The van der Waals surface area contributed by atoms with Crippen molar-refractivity contribution < 1.29 is 4.79 Å². The van der Waals surface area contributed by atoms with Gasteiger partial charge in [-0.2, -0.15) is 10.2 Å². The maximum absolute atomic E-state index is 12.8. The van der Waals surface area contributed by atoms with Gasteiger partial charge in [-0.1, -0.05) is 48.9 Å². The van der Waals surface area contributed by atoms with E-state index >= 15 is 0 Å². The van der Waals surface area contributed by atoms with E-state index in [1.54, 1.807) is 10.9 Å². The first-order chi connectivity index (χ1) is 12.5. The molecule has 2 heterocycles. The molecular weight excluding hydrogens is 350 g/mol. The summed E-state index contributed by atoms with van der Waals surface area (Å²) in [6, 6.07) is 9.70. The van der Waals surface area contributed by atoms with Crippen molar-refractivity contribution in [2.75, 3.05) is 5.32 Å². The Hall–Kier alpha value is -2.60. The molecule has 1 unspecified atom stereocenters. The molecule has 2 aromatic heterocycles. The van der Waals surface area contributed by atoms with Gasteiger partial charge in [0.1, 0.15) is 6.04 Å². The Morgan fingerprint density at radius 1 is 1.27 bits per heavy atom. The number of rotatable bonds is 6. The van der Waals surface area contributed by atoms with Crippen molar-refractivity contribution in [3.05, 3.63) is 64.7 Å². The second kappa shape index (κ2) is 7.74. The molecule has 0 bridgehead atoms. The number of halogens is 1. The van der Waals surface area contributed by atoms with Gasteiger partial charge in [0, 0.05) is 6.20 Å². The maximum Gasteiger partial charge on any atom is 0.249 e. The van der Waals surface area contributed by atoms with Crippen LogP contribution in [0.1, 0.15) is 36.3 Å². The van der Waals surface area contributed by atoms with Gasteiger partial charge in [-0.15, -0.1) is 0 Å². The fraction of sp³-hybridized carbons (Fsp3) is 0.316. The number of anilines is 1. The molecule has 0 spiro atoms. The number of nitrogens with zero attached hydrogens (tertiary/aromatic N) is 4. The molecule has 3 aromatic rings. The number of carbonyl (C=O) groups is 1. The standard InChI is InChI=1S/C19H22ClN5O/c1-4-17(25-12-16(20)10-21-25)19(26)22-18-13(2)23-24(14(18)3)11-15-8-6-5-7-9-15/h5-10,12,17H,4,11H2,1-3H3,(H,22,26). The minimum absolute atomic E-state index is 0.127. The summed E-state index contributed by atoms with van der Waals surface area (Å²) in [5.74, 6) is -0.127. The highest BCUT2D eigenvalue weighted by Gasteiger charge is 2.22. The number of carbonyl (C=O) groups excluding carboxylic acids is 1. The van der Waals surface area contributed by atoms with Crippen LogP contribution in [0.15, 0.2) is 42.7 Å². The highest BCUT2D eigenvalue weighted by molar-refractivity contribution is 6.30. The average molecular weight is 372 g/mol. The van der Waals surface area contributed by atoms with Gasteiger partial charge in [0.05, 0.1) is 34.8 Å². The molecule has 0 fully saturated rings. The van der Waals surface area contributed by atoms with E-state index in [1.165, 1.54) is 6.20 Å². The topological polar surface area (TPSA) is 64.7 Å². The maximum atomic E-state index is 12.8. The highest BCUT2D eigenvalue weighted by atomic mass is 35.5. The van der Waals surface area contributed by atoms with E-state index in [9.17, 15) is 4.79 Å². The third kappa shape index (κ3) is 3.80. The molecule has 0 saturated heterocycles.